The topological polar surface area (TPSA) is 106 Å². The summed E-state index contributed by atoms with van der Waals surface area (Å²) in [6, 6.07) is 37.9. The molecule has 1 atom stereocenters. The van der Waals surface area contributed by atoms with Crippen LogP contribution in [0.2, 0.25) is 0 Å². The van der Waals surface area contributed by atoms with E-state index in [0.717, 1.165) is 14.9 Å². The van der Waals surface area contributed by atoms with E-state index in [1.54, 1.807) is 66.7 Å². The highest BCUT2D eigenvalue weighted by Crippen LogP contribution is 2.37. The second-order valence-electron chi connectivity index (χ2n) is 10.4. The van der Waals surface area contributed by atoms with Gasteiger partial charge in [-0.25, -0.2) is 0 Å². The van der Waals surface area contributed by atoms with Crippen molar-refractivity contribution in [2.75, 3.05) is 24.9 Å². The Bertz CT molecular complexity index is 1920. The van der Waals surface area contributed by atoms with Crippen molar-refractivity contribution in [3.05, 3.63) is 154 Å². The molecule has 48 heavy (non-hydrogen) atoms. The van der Waals surface area contributed by atoms with E-state index in [4.69, 9.17) is 9.47 Å². The summed E-state index contributed by atoms with van der Waals surface area (Å²) in [7, 11) is 3.06. The predicted octanol–water partition coefficient (Wildman–Crippen LogP) is 8.35. The summed E-state index contributed by atoms with van der Waals surface area (Å²) in [4.78, 5) is 41.2. The summed E-state index contributed by atoms with van der Waals surface area (Å²) in [5.74, 6) is -0.162. The van der Waals surface area contributed by atoms with Gasteiger partial charge in [0.1, 0.15) is 10.9 Å². The summed E-state index contributed by atoms with van der Waals surface area (Å²) in [6.45, 7) is 0. The van der Waals surface area contributed by atoms with Crippen LogP contribution in [0.4, 0.5) is 11.4 Å². The zero-order valence-electron chi connectivity index (χ0n) is 26.1. The molecule has 3 N–H and O–H groups in total. The van der Waals surface area contributed by atoms with Gasteiger partial charge in [0.15, 0.2) is 11.5 Å². The van der Waals surface area contributed by atoms with Crippen LogP contribution in [0.1, 0.15) is 26.7 Å². The van der Waals surface area contributed by atoms with E-state index in [1.807, 2.05) is 66.7 Å². The number of hydrogen-bond donors (Lipinski definition) is 3. The molecule has 5 aromatic rings. The number of rotatable bonds is 12. The van der Waals surface area contributed by atoms with Crippen molar-refractivity contribution in [1.29, 1.82) is 0 Å². The Morgan fingerprint density at radius 3 is 2.08 bits per heavy atom. The Kier molecular flexibility index (Phi) is 11.7. The van der Waals surface area contributed by atoms with Gasteiger partial charge >= 0.3 is 0 Å². The molecule has 3 amide bonds. The molecule has 0 saturated carbocycles. The average molecular weight is 723 g/mol. The van der Waals surface area contributed by atoms with Crippen LogP contribution in [-0.2, 0) is 9.59 Å². The molecule has 5 aromatic carbocycles. The lowest BCUT2D eigenvalue weighted by Crippen LogP contribution is -2.30. The van der Waals surface area contributed by atoms with Crippen molar-refractivity contribution < 1.29 is 23.9 Å². The molecule has 0 saturated heterocycles. The van der Waals surface area contributed by atoms with Gasteiger partial charge in [-0.15, -0.1) is 11.8 Å². The summed E-state index contributed by atoms with van der Waals surface area (Å²) in [6.07, 6.45) is 1.56. The monoisotopic (exact) mass is 721 g/mol. The first-order chi connectivity index (χ1) is 23.3. The number of amides is 3. The van der Waals surface area contributed by atoms with E-state index in [2.05, 4.69) is 31.9 Å². The fourth-order valence-electron chi connectivity index (χ4n) is 4.68. The molecular formula is C38H32BrN3O5S. The van der Waals surface area contributed by atoms with Crippen LogP contribution in [-0.4, -0.2) is 31.9 Å². The summed E-state index contributed by atoms with van der Waals surface area (Å²) in [5, 5.41) is 8.08. The second kappa shape index (κ2) is 16.5. The minimum atomic E-state index is -0.577. The van der Waals surface area contributed by atoms with Crippen LogP contribution < -0.4 is 25.4 Å². The normalized spacial score (nSPS) is 11.6. The number of hydrogen-bond acceptors (Lipinski definition) is 6. The molecule has 5 rings (SSSR count). The fourth-order valence-corrected chi connectivity index (χ4v) is 6.02. The highest BCUT2D eigenvalue weighted by molar-refractivity contribution is 9.10. The van der Waals surface area contributed by atoms with Gasteiger partial charge in [-0.1, -0.05) is 76.6 Å². The van der Waals surface area contributed by atoms with Crippen molar-refractivity contribution in [2.24, 2.45) is 0 Å². The third-order valence-electron chi connectivity index (χ3n) is 7.05. The van der Waals surface area contributed by atoms with Crippen molar-refractivity contribution in [1.82, 2.24) is 5.32 Å². The quantitative estimate of drug-likeness (QED) is 0.0884. The highest BCUT2D eigenvalue weighted by atomic mass is 79.9. The Morgan fingerprint density at radius 2 is 1.40 bits per heavy atom. The number of halogens is 1. The Morgan fingerprint density at radius 1 is 0.708 bits per heavy atom. The molecule has 0 heterocycles. The van der Waals surface area contributed by atoms with E-state index in [1.165, 1.54) is 26.0 Å². The van der Waals surface area contributed by atoms with Crippen LogP contribution in [0.25, 0.3) is 6.08 Å². The number of ether oxygens (including phenoxy) is 2. The zero-order chi connectivity index (χ0) is 33.9. The van der Waals surface area contributed by atoms with Crippen molar-refractivity contribution in [3.63, 3.8) is 0 Å². The van der Waals surface area contributed by atoms with E-state index in [9.17, 15) is 14.4 Å². The van der Waals surface area contributed by atoms with Gasteiger partial charge in [-0.05, 0) is 83.9 Å². The number of anilines is 2. The first kappa shape index (κ1) is 34.0. The first-order valence-electron chi connectivity index (χ1n) is 14.8. The molecule has 0 spiro atoms. The van der Waals surface area contributed by atoms with Gasteiger partial charge < -0.3 is 25.4 Å². The minimum Gasteiger partial charge on any atom is -0.493 e. The summed E-state index contributed by atoms with van der Waals surface area (Å²) in [5.41, 5.74) is 3.02. The average Bonchev–Trinajstić information content (AvgIpc) is 3.12. The predicted molar refractivity (Wildman–Crippen MR) is 194 cm³/mol. The van der Waals surface area contributed by atoms with Gasteiger partial charge in [0.2, 0.25) is 5.91 Å². The number of nitrogens with one attached hydrogen (secondary N) is 3. The Labute approximate surface area is 291 Å². The maximum absolute atomic E-state index is 13.7. The van der Waals surface area contributed by atoms with E-state index in [0.29, 0.717) is 34.0 Å². The first-order valence-corrected chi connectivity index (χ1v) is 16.5. The fraction of sp³-hybridized carbons (Fsp3) is 0.0789. The van der Waals surface area contributed by atoms with Gasteiger partial charge in [-0.2, -0.15) is 0 Å². The number of benzene rings is 5. The maximum Gasteiger partial charge on any atom is 0.272 e. The molecule has 0 aromatic heterocycles. The van der Waals surface area contributed by atoms with Crippen LogP contribution in [0.5, 0.6) is 11.5 Å². The lowest BCUT2D eigenvalue weighted by Gasteiger charge is -2.18. The van der Waals surface area contributed by atoms with E-state index >= 15 is 0 Å². The van der Waals surface area contributed by atoms with Crippen LogP contribution in [0.3, 0.4) is 0 Å². The van der Waals surface area contributed by atoms with Gasteiger partial charge in [0, 0.05) is 26.3 Å². The van der Waals surface area contributed by atoms with Gasteiger partial charge in [0.25, 0.3) is 11.8 Å². The maximum atomic E-state index is 13.7. The third-order valence-corrected chi connectivity index (χ3v) is 8.82. The summed E-state index contributed by atoms with van der Waals surface area (Å²) >= 11 is 4.78. The second-order valence-corrected chi connectivity index (χ2v) is 12.5. The lowest BCUT2D eigenvalue weighted by atomic mass is 10.1. The molecule has 242 valence electrons. The zero-order valence-corrected chi connectivity index (χ0v) is 28.5. The molecule has 0 aliphatic rings. The smallest absolute Gasteiger partial charge is 0.272 e. The molecule has 8 nitrogen and oxygen atoms in total. The van der Waals surface area contributed by atoms with Crippen LogP contribution in [0.15, 0.2) is 142 Å². The molecule has 0 radical (unpaired) electrons. The molecular weight excluding hydrogens is 690 g/mol. The van der Waals surface area contributed by atoms with E-state index in [-0.39, 0.29) is 11.6 Å². The van der Waals surface area contributed by atoms with Crippen molar-refractivity contribution in [2.45, 2.75) is 10.1 Å². The molecule has 0 fully saturated rings. The largest absolute Gasteiger partial charge is 0.493 e. The van der Waals surface area contributed by atoms with Gasteiger partial charge in [0.05, 0.1) is 14.2 Å². The number of carbonyl (C=O) groups is 3. The summed E-state index contributed by atoms with van der Waals surface area (Å²) < 4.78 is 11.7. The molecule has 0 aliphatic heterocycles. The highest BCUT2D eigenvalue weighted by Gasteiger charge is 2.23. The Hall–Kier alpha value is -5.32. The standard InChI is InChI=1S/C38H32BrN3O5S/c1-46-33-21-16-25(23-34(33)47-2)22-32(42-36(43)27-12-7-4-8-13-27)37(44)41-30-14-9-15-31(24-30)48-35(26-10-5-3-6-11-26)38(45)40-29-19-17-28(39)18-20-29/h3-24,35H,1-2H3,(H,40,45)(H,41,44)(H,42,43)/b32-22+. The lowest BCUT2D eigenvalue weighted by molar-refractivity contribution is -0.116. The number of methoxy groups -OCH3 is 2. The SMILES string of the molecule is COc1ccc(/C=C(/NC(=O)c2ccccc2)C(=O)Nc2cccc(SC(C(=O)Nc3ccc(Br)cc3)c3ccccc3)c2)cc1OC. The molecule has 1 unspecified atom stereocenters. The van der Waals surface area contributed by atoms with Crippen molar-refractivity contribution >= 4 is 62.9 Å². The Balaban J connectivity index is 1.39. The molecule has 10 heteroatoms. The van der Waals surface area contributed by atoms with E-state index < -0.39 is 17.1 Å². The number of carbonyl (C=O) groups excluding carboxylic acids is 3. The van der Waals surface area contributed by atoms with Crippen LogP contribution >= 0.6 is 27.7 Å². The molecule has 0 aliphatic carbocycles. The van der Waals surface area contributed by atoms with Gasteiger partial charge in [-0.3, -0.25) is 14.4 Å². The number of thioether (sulfide) groups is 1. The van der Waals surface area contributed by atoms with Crippen LogP contribution in [0, 0.1) is 0 Å². The molecule has 0 bridgehead atoms. The third kappa shape index (κ3) is 9.15. The van der Waals surface area contributed by atoms with Crippen molar-refractivity contribution in [3.8, 4) is 11.5 Å². The minimum absolute atomic E-state index is 0.0187.